The maximum atomic E-state index is 13.5. The molecule has 0 amide bonds. The first kappa shape index (κ1) is 23.2. The zero-order valence-corrected chi connectivity index (χ0v) is 19.5. The molecule has 11 heteroatoms. The minimum atomic E-state index is -0.421. The maximum Gasteiger partial charge on any atom is 0.232 e. The Bertz CT molecular complexity index is 1250. The molecule has 9 nitrogen and oxygen atoms in total. The van der Waals surface area contributed by atoms with Gasteiger partial charge in [-0.15, -0.1) is 0 Å². The third kappa shape index (κ3) is 5.32. The Morgan fingerprint density at radius 1 is 1.15 bits per heavy atom. The zero-order chi connectivity index (χ0) is 24.1. The van der Waals surface area contributed by atoms with E-state index in [-0.39, 0.29) is 5.02 Å². The van der Waals surface area contributed by atoms with Crippen LogP contribution < -0.4 is 20.4 Å². The first-order chi connectivity index (χ1) is 16.4. The standard InChI is InChI=1S/C23H23ClFN9/c1-15-20(30-16(2)27-13-26)4-3-5-21(15)31-22-28-14-29-23(32-22)34-10-8-33(9-11-34)17-6-7-19(25)18(24)12-17/h3-7,12,14H,8-11H2,1-2H3,(H,27,30)(H,28,29,31,32). The first-order valence-corrected chi connectivity index (χ1v) is 11.0. The van der Waals surface area contributed by atoms with Crippen molar-refractivity contribution in [3.63, 3.8) is 0 Å². The topological polar surface area (TPSA) is 105 Å². The number of aliphatic imine (C=N–C) groups is 1. The van der Waals surface area contributed by atoms with Gasteiger partial charge in [0.1, 0.15) is 18.0 Å². The number of hydrogen-bond acceptors (Lipinski definition) is 8. The van der Waals surface area contributed by atoms with Crippen molar-refractivity contribution in [2.75, 3.05) is 41.3 Å². The highest BCUT2D eigenvalue weighted by molar-refractivity contribution is 6.31. The molecule has 2 heterocycles. The molecule has 174 valence electrons. The van der Waals surface area contributed by atoms with Crippen LogP contribution in [-0.2, 0) is 0 Å². The van der Waals surface area contributed by atoms with Gasteiger partial charge in [-0.3, -0.25) is 5.32 Å². The van der Waals surface area contributed by atoms with Gasteiger partial charge in [0.2, 0.25) is 11.9 Å². The van der Waals surface area contributed by atoms with E-state index in [4.69, 9.17) is 16.9 Å². The van der Waals surface area contributed by atoms with E-state index in [2.05, 4.69) is 40.4 Å². The summed E-state index contributed by atoms with van der Waals surface area (Å²) in [6, 6.07) is 10.4. The summed E-state index contributed by atoms with van der Waals surface area (Å²) in [5, 5.41) is 14.6. The number of nitrogens with zero attached hydrogens (tertiary/aromatic N) is 7. The Labute approximate surface area is 201 Å². The molecule has 0 bridgehead atoms. The van der Waals surface area contributed by atoms with Crippen molar-refractivity contribution < 1.29 is 4.39 Å². The molecule has 0 atom stereocenters. The predicted octanol–water partition coefficient (Wildman–Crippen LogP) is 4.16. The number of benzene rings is 2. The second kappa shape index (κ2) is 10.3. The summed E-state index contributed by atoms with van der Waals surface area (Å²) < 4.78 is 13.5. The quantitative estimate of drug-likeness (QED) is 0.243. The summed E-state index contributed by atoms with van der Waals surface area (Å²) in [7, 11) is 0. The number of piperazine rings is 1. The molecule has 0 saturated carbocycles. The predicted molar refractivity (Wildman–Crippen MR) is 132 cm³/mol. The van der Waals surface area contributed by atoms with Crippen LogP contribution in [0.2, 0.25) is 5.02 Å². The lowest BCUT2D eigenvalue weighted by molar-refractivity contribution is 0.623. The fraction of sp³-hybridized carbons (Fsp3) is 0.261. The largest absolute Gasteiger partial charge is 0.368 e. The van der Waals surface area contributed by atoms with Gasteiger partial charge < -0.3 is 15.1 Å². The number of rotatable bonds is 5. The van der Waals surface area contributed by atoms with Crippen LogP contribution in [0.25, 0.3) is 0 Å². The van der Waals surface area contributed by atoms with Crippen LogP contribution in [0.15, 0.2) is 47.7 Å². The second-order valence-electron chi connectivity index (χ2n) is 7.69. The first-order valence-electron chi connectivity index (χ1n) is 10.7. The zero-order valence-electron chi connectivity index (χ0n) is 18.8. The van der Waals surface area contributed by atoms with Gasteiger partial charge in [0.05, 0.1) is 10.7 Å². The molecule has 2 aromatic carbocycles. The van der Waals surface area contributed by atoms with Gasteiger partial charge in [0, 0.05) is 37.6 Å². The Morgan fingerprint density at radius 2 is 1.91 bits per heavy atom. The van der Waals surface area contributed by atoms with Crippen LogP contribution in [0.3, 0.4) is 0 Å². The van der Waals surface area contributed by atoms with Gasteiger partial charge in [-0.05, 0) is 49.7 Å². The van der Waals surface area contributed by atoms with E-state index in [1.165, 1.54) is 12.4 Å². The SMILES string of the molecule is CC(=Nc1cccc(Nc2ncnc(N3CCN(c4ccc(F)c(Cl)c4)CC3)n2)c1C)NC#N. The van der Waals surface area contributed by atoms with E-state index in [0.717, 1.165) is 35.7 Å². The molecule has 2 N–H and O–H groups in total. The number of hydrogen-bond donors (Lipinski definition) is 2. The number of halogens is 2. The van der Waals surface area contributed by atoms with E-state index >= 15 is 0 Å². The van der Waals surface area contributed by atoms with E-state index in [1.54, 1.807) is 19.1 Å². The number of aromatic nitrogens is 3. The van der Waals surface area contributed by atoms with Crippen LogP contribution in [0, 0.1) is 24.2 Å². The van der Waals surface area contributed by atoms with E-state index in [1.807, 2.05) is 31.3 Å². The number of nitriles is 1. The summed E-state index contributed by atoms with van der Waals surface area (Å²) in [6.45, 7) is 6.52. The highest BCUT2D eigenvalue weighted by Crippen LogP contribution is 2.28. The minimum absolute atomic E-state index is 0.120. The van der Waals surface area contributed by atoms with Crippen molar-refractivity contribution in [2.24, 2.45) is 4.99 Å². The summed E-state index contributed by atoms with van der Waals surface area (Å²) in [4.78, 5) is 21.9. The number of anilines is 4. The molecule has 1 aliphatic rings. The average molecular weight is 480 g/mol. The molecular weight excluding hydrogens is 457 g/mol. The van der Waals surface area contributed by atoms with Crippen LogP contribution in [0.4, 0.5) is 33.3 Å². The molecule has 1 saturated heterocycles. The lowest BCUT2D eigenvalue weighted by Gasteiger charge is -2.36. The minimum Gasteiger partial charge on any atom is -0.368 e. The van der Waals surface area contributed by atoms with Crippen LogP contribution in [-0.4, -0.2) is 47.0 Å². The fourth-order valence-electron chi connectivity index (χ4n) is 3.64. The fourth-order valence-corrected chi connectivity index (χ4v) is 3.81. The average Bonchev–Trinajstić information content (AvgIpc) is 2.84. The van der Waals surface area contributed by atoms with Gasteiger partial charge in [0.15, 0.2) is 6.19 Å². The third-order valence-electron chi connectivity index (χ3n) is 5.47. The molecule has 34 heavy (non-hydrogen) atoms. The summed E-state index contributed by atoms with van der Waals surface area (Å²) in [5.41, 5.74) is 3.33. The summed E-state index contributed by atoms with van der Waals surface area (Å²) >= 11 is 5.93. The Balaban J connectivity index is 1.45. The highest BCUT2D eigenvalue weighted by Gasteiger charge is 2.20. The Morgan fingerprint density at radius 3 is 2.65 bits per heavy atom. The molecule has 1 fully saturated rings. The Kier molecular flexibility index (Phi) is 7.04. The van der Waals surface area contributed by atoms with Crippen molar-refractivity contribution in [3.05, 3.63) is 59.1 Å². The molecular formula is C23H23ClFN9. The molecule has 3 aromatic rings. The van der Waals surface area contributed by atoms with Gasteiger partial charge in [-0.2, -0.15) is 10.2 Å². The monoisotopic (exact) mass is 479 g/mol. The third-order valence-corrected chi connectivity index (χ3v) is 5.76. The molecule has 0 radical (unpaired) electrons. The molecule has 1 aromatic heterocycles. The van der Waals surface area contributed by atoms with E-state index < -0.39 is 5.82 Å². The van der Waals surface area contributed by atoms with E-state index in [9.17, 15) is 4.39 Å². The van der Waals surface area contributed by atoms with Crippen molar-refractivity contribution >= 4 is 46.4 Å². The highest BCUT2D eigenvalue weighted by atomic mass is 35.5. The van der Waals surface area contributed by atoms with Crippen molar-refractivity contribution in [2.45, 2.75) is 13.8 Å². The Hall–Kier alpha value is -3.97. The molecule has 0 unspecified atom stereocenters. The summed E-state index contributed by atoms with van der Waals surface area (Å²) in [6.07, 6.45) is 3.34. The number of nitrogens with one attached hydrogen (secondary N) is 2. The molecule has 1 aliphatic heterocycles. The number of amidine groups is 1. The second-order valence-corrected chi connectivity index (χ2v) is 8.10. The van der Waals surface area contributed by atoms with Crippen LogP contribution in [0.5, 0.6) is 0 Å². The normalized spacial score (nSPS) is 14.0. The summed E-state index contributed by atoms with van der Waals surface area (Å²) in [5.74, 6) is 1.09. The van der Waals surface area contributed by atoms with Crippen molar-refractivity contribution in [3.8, 4) is 6.19 Å². The van der Waals surface area contributed by atoms with Gasteiger partial charge in [0.25, 0.3) is 0 Å². The van der Waals surface area contributed by atoms with Gasteiger partial charge >= 0.3 is 0 Å². The van der Waals surface area contributed by atoms with Crippen molar-refractivity contribution in [1.29, 1.82) is 5.26 Å². The smallest absolute Gasteiger partial charge is 0.232 e. The molecule has 0 aliphatic carbocycles. The lowest BCUT2D eigenvalue weighted by Crippen LogP contribution is -2.47. The van der Waals surface area contributed by atoms with Crippen LogP contribution in [0.1, 0.15) is 12.5 Å². The lowest BCUT2D eigenvalue weighted by atomic mass is 10.1. The van der Waals surface area contributed by atoms with E-state index in [0.29, 0.717) is 30.8 Å². The van der Waals surface area contributed by atoms with Gasteiger partial charge in [-0.1, -0.05) is 17.7 Å². The molecule has 4 rings (SSSR count). The molecule has 0 spiro atoms. The van der Waals surface area contributed by atoms with Crippen LogP contribution >= 0.6 is 11.6 Å². The maximum absolute atomic E-state index is 13.5. The van der Waals surface area contributed by atoms with Gasteiger partial charge in [-0.25, -0.2) is 19.4 Å². The van der Waals surface area contributed by atoms with Crippen molar-refractivity contribution in [1.82, 2.24) is 20.3 Å².